The molecule has 9 heteroatoms. The summed E-state index contributed by atoms with van der Waals surface area (Å²) in [6.45, 7) is 0.435. The lowest BCUT2D eigenvalue weighted by Gasteiger charge is -2.11. The summed E-state index contributed by atoms with van der Waals surface area (Å²) in [6, 6.07) is 12.3. The fourth-order valence-electron chi connectivity index (χ4n) is 2.76. The highest BCUT2D eigenvalue weighted by Crippen LogP contribution is 2.21. The molecule has 0 saturated heterocycles. The Labute approximate surface area is 159 Å². The second-order valence-corrected chi connectivity index (χ2v) is 6.15. The Morgan fingerprint density at radius 2 is 1.93 bits per heavy atom. The Bertz CT molecular complexity index is 946. The summed E-state index contributed by atoms with van der Waals surface area (Å²) >= 11 is 0. The zero-order valence-electron chi connectivity index (χ0n) is 14.8. The highest BCUT2D eigenvalue weighted by Gasteiger charge is 2.22. The Balaban J connectivity index is 1.55. The molecule has 0 bridgehead atoms. The number of carbonyl (C=O) groups is 2. The first-order valence-corrected chi connectivity index (χ1v) is 8.61. The molecular weight excluding hydrogens is 367 g/mol. The summed E-state index contributed by atoms with van der Waals surface area (Å²) in [5.74, 6) is -1.72. The van der Waals surface area contributed by atoms with Gasteiger partial charge in [0.1, 0.15) is 5.82 Å². The largest absolute Gasteiger partial charge is 0.323 e. The van der Waals surface area contributed by atoms with Crippen LogP contribution in [0, 0.1) is 15.9 Å². The second kappa shape index (κ2) is 8.38. The van der Waals surface area contributed by atoms with E-state index in [1.807, 2.05) is 30.3 Å². The van der Waals surface area contributed by atoms with Gasteiger partial charge in [-0.15, -0.1) is 0 Å². The molecule has 1 N–H and O–H groups in total. The van der Waals surface area contributed by atoms with Crippen molar-refractivity contribution in [3.63, 3.8) is 0 Å². The van der Waals surface area contributed by atoms with E-state index in [9.17, 15) is 24.1 Å². The van der Waals surface area contributed by atoms with Gasteiger partial charge in [-0.05, 0) is 11.6 Å². The number of halogens is 1. The van der Waals surface area contributed by atoms with Crippen LogP contribution in [0.25, 0.3) is 0 Å². The van der Waals surface area contributed by atoms with E-state index in [0.29, 0.717) is 13.0 Å². The monoisotopic (exact) mass is 384 g/mol. The number of nitro benzene ring substituents is 1. The van der Waals surface area contributed by atoms with Gasteiger partial charge in [0, 0.05) is 31.4 Å². The lowest BCUT2D eigenvalue weighted by molar-refractivity contribution is -0.384. The SMILES string of the molecule is O=C(CCC(=O)N1CCC(c2ccccc2)=N1)Nc1cc([N+](=O)[O-])ccc1F. The Morgan fingerprint density at radius 1 is 1.18 bits per heavy atom. The number of non-ortho nitro benzene ring substituents is 1. The molecule has 2 aromatic carbocycles. The van der Waals surface area contributed by atoms with Crippen molar-refractivity contribution in [3.05, 3.63) is 70.0 Å². The van der Waals surface area contributed by atoms with Gasteiger partial charge < -0.3 is 5.32 Å². The number of hydrogen-bond acceptors (Lipinski definition) is 5. The maximum absolute atomic E-state index is 13.7. The molecule has 0 spiro atoms. The van der Waals surface area contributed by atoms with Crippen LogP contribution >= 0.6 is 0 Å². The van der Waals surface area contributed by atoms with Crippen molar-refractivity contribution in [2.24, 2.45) is 5.10 Å². The third kappa shape index (κ3) is 4.56. The molecule has 3 rings (SSSR count). The molecule has 1 heterocycles. The Morgan fingerprint density at radius 3 is 2.64 bits per heavy atom. The predicted molar refractivity (Wildman–Crippen MR) is 100 cm³/mol. The molecule has 0 saturated carbocycles. The molecule has 0 radical (unpaired) electrons. The molecule has 0 fully saturated rings. The third-order valence-electron chi connectivity index (χ3n) is 4.20. The highest BCUT2D eigenvalue weighted by molar-refractivity contribution is 6.02. The summed E-state index contributed by atoms with van der Waals surface area (Å²) in [6.07, 6.45) is 0.336. The standard InChI is InChI=1S/C19H17FN4O4/c20-15-7-6-14(24(27)28)12-17(15)21-18(25)8-9-19(26)23-11-10-16(22-23)13-4-2-1-3-5-13/h1-7,12H,8-11H2,(H,21,25). The van der Waals surface area contributed by atoms with E-state index in [0.717, 1.165) is 29.5 Å². The van der Waals surface area contributed by atoms with Gasteiger partial charge >= 0.3 is 0 Å². The van der Waals surface area contributed by atoms with Gasteiger partial charge in [0.15, 0.2) is 0 Å². The number of nitro groups is 1. The van der Waals surface area contributed by atoms with Gasteiger partial charge in [-0.2, -0.15) is 5.10 Å². The number of rotatable bonds is 6. The number of benzene rings is 2. The maximum atomic E-state index is 13.7. The van der Waals surface area contributed by atoms with Gasteiger partial charge in [-0.1, -0.05) is 30.3 Å². The quantitative estimate of drug-likeness (QED) is 0.610. The van der Waals surface area contributed by atoms with Crippen LogP contribution in [0.4, 0.5) is 15.8 Å². The van der Waals surface area contributed by atoms with Crippen molar-refractivity contribution in [2.45, 2.75) is 19.3 Å². The summed E-state index contributed by atoms with van der Waals surface area (Å²) < 4.78 is 13.7. The van der Waals surface area contributed by atoms with Crippen LogP contribution in [0.1, 0.15) is 24.8 Å². The molecule has 0 aromatic heterocycles. The van der Waals surface area contributed by atoms with Crippen LogP contribution in [0.15, 0.2) is 53.6 Å². The number of hydrazone groups is 1. The molecule has 28 heavy (non-hydrogen) atoms. The van der Waals surface area contributed by atoms with Gasteiger partial charge in [0.05, 0.1) is 22.9 Å². The number of carbonyl (C=O) groups excluding carboxylic acids is 2. The number of nitrogens with zero attached hydrogens (tertiary/aromatic N) is 3. The second-order valence-electron chi connectivity index (χ2n) is 6.15. The van der Waals surface area contributed by atoms with E-state index in [1.54, 1.807) is 0 Å². The molecule has 144 valence electrons. The van der Waals surface area contributed by atoms with Crippen LogP contribution in [0.2, 0.25) is 0 Å². The highest BCUT2D eigenvalue weighted by atomic mass is 19.1. The smallest absolute Gasteiger partial charge is 0.271 e. The molecule has 1 aliphatic heterocycles. The van der Waals surface area contributed by atoms with Crippen molar-refractivity contribution >= 4 is 28.9 Å². The first-order chi connectivity index (χ1) is 13.4. The van der Waals surface area contributed by atoms with Gasteiger partial charge in [-0.3, -0.25) is 19.7 Å². The van der Waals surface area contributed by atoms with Gasteiger partial charge in [0.25, 0.3) is 5.69 Å². The molecule has 0 unspecified atom stereocenters. The molecule has 1 aliphatic rings. The molecular formula is C19H17FN4O4. The van der Waals surface area contributed by atoms with Crippen molar-refractivity contribution in [2.75, 3.05) is 11.9 Å². The minimum Gasteiger partial charge on any atom is -0.323 e. The average molecular weight is 384 g/mol. The topological polar surface area (TPSA) is 105 Å². The van der Waals surface area contributed by atoms with E-state index < -0.39 is 16.6 Å². The first kappa shape index (κ1) is 19.2. The van der Waals surface area contributed by atoms with Crippen LogP contribution in [-0.4, -0.2) is 34.0 Å². The summed E-state index contributed by atoms with van der Waals surface area (Å²) in [5.41, 5.74) is 1.11. The van der Waals surface area contributed by atoms with Crippen molar-refractivity contribution < 1.29 is 18.9 Å². The van der Waals surface area contributed by atoms with E-state index in [1.165, 1.54) is 5.01 Å². The zero-order valence-corrected chi connectivity index (χ0v) is 14.8. The molecule has 0 aliphatic carbocycles. The van der Waals surface area contributed by atoms with Crippen molar-refractivity contribution in [3.8, 4) is 0 Å². The first-order valence-electron chi connectivity index (χ1n) is 8.61. The Hall–Kier alpha value is -3.62. The van der Waals surface area contributed by atoms with Crippen LogP contribution in [0.3, 0.4) is 0 Å². The third-order valence-corrected chi connectivity index (χ3v) is 4.20. The molecule has 2 aromatic rings. The van der Waals surface area contributed by atoms with Crippen molar-refractivity contribution in [1.82, 2.24) is 5.01 Å². The summed E-state index contributed by atoms with van der Waals surface area (Å²) in [4.78, 5) is 34.3. The van der Waals surface area contributed by atoms with Crippen LogP contribution in [-0.2, 0) is 9.59 Å². The number of hydrogen-bond donors (Lipinski definition) is 1. The van der Waals surface area contributed by atoms with Crippen molar-refractivity contribution in [1.29, 1.82) is 0 Å². The lowest BCUT2D eigenvalue weighted by atomic mass is 10.1. The maximum Gasteiger partial charge on any atom is 0.271 e. The van der Waals surface area contributed by atoms with E-state index in [-0.39, 0.29) is 30.1 Å². The normalized spacial score (nSPS) is 13.2. The molecule has 8 nitrogen and oxygen atoms in total. The number of amides is 2. The zero-order chi connectivity index (χ0) is 20.1. The fraction of sp³-hybridized carbons (Fsp3) is 0.211. The Kier molecular flexibility index (Phi) is 5.73. The summed E-state index contributed by atoms with van der Waals surface area (Å²) in [7, 11) is 0. The lowest BCUT2D eigenvalue weighted by Crippen LogP contribution is -2.25. The van der Waals surface area contributed by atoms with Crippen LogP contribution < -0.4 is 5.32 Å². The fourth-order valence-corrected chi connectivity index (χ4v) is 2.76. The summed E-state index contributed by atoms with van der Waals surface area (Å²) in [5, 5.41) is 18.6. The van der Waals surface area contributed by atoms with Gasteiger partial charge in [-0.25, -0.2) is 9.40 Å². The van der Waals surface area contributed by atoms with E-state index in [2.05, 4.69) is 10.4 Å². The number of nitrogens with one attached hydrogen (secondary N) is 1. The minimum absolute atomic E-state index is 0.103. The van der Waals surface area contributed by atoms with E-state index >= 15 is 0 Å². The van der Waals surface area contributed by atoms with Gasteiger partial charge in [0.2, 0.25) is 11.8 Å². The van der Waals surface area contributed by atoms with E-state index in [4.69, 9.17) is 0 Å². The minimum atomic E-state index is -0.790. The number of anilines is 1. The molecule has 0 atom stereocenters. The van der Waals surface area contributed by atoms with Crippen LogP contribution in [0.5, 0.6) is 0 Å². The predicted octanol–water partition coefficient (Wildman–Crippen LogP) is 3.09. The average Bonchev–Trinajstić information content (AvgIpc) is 3.18. The molecule has 2 amide bonds.